The van der Waals surface area contributed by atoms with E-state index in [-0.39, 0.29) is 24.5 Å². The van der Waals surface area contributed by atoms with Crippen molar-refractivity contribution in [3.63, 3.8) is 0 Å². The number of aromatic nitrogens is 1. The fourth-order valence-electron chi connectivity index (χ4n) is 3.55. The first kappa shape index (κ1) is 19.7. The Bertz CT molecular complexity index is 970. The summed E-state index contributed by atoms with van der Waals surface area (Å²) in [6.45, 7) is 0.0951. The van der Waals surface area contributed by atoms with Gasteiger partial charge < -0.3 is 14.2 Å². The summed E-state index contributed by atoms with van der Waals surface area (Å²) in [5.41, 5.74) is -0.0285. The number of amides is 1. The molecule has 3 N–H and O–H groups in total. The molecule has 1 aliphatic heterocycles. The predicted molar refractivity (Wildman–Crippen MR) is 97.6 cm³/mol. The summed E-state index contributed by atoms with van der Waals surface area (Å²) in [7, 11) is -4.08. The van der Waals surface area contributed by atoms with E-state index >= 15 is 0 Å². The Hall–Kier alpha value is -2.57. The molecule has 10 nitrogen and oxygen atoms in total. The summed E-state index contributed by atoms with van der Waals surface area (Å²) in [5, 5.41) is 9.13. The van der Waals surface area contributed by atoms with Gasteiger partial charge in [-0.15, -0.1) is 0 Å². The average Bonchev–Trinajstić information content (AvgIpc) is 3.28. The minimum absolute atomic E-state index is 0.0481. The molecule has 0 radical (unpaired) electrons. The third-order valence-electron chi connectivity index (χ3n) is 4.96. The van der Waals surface area contributed by atoms with Crippen molar-refractivity contribution >= 4 is 15.9 Å². The Morgan fingerprint density at radius 2 is 1.66 bits per heavy atom. The number of hydrogen-bond donors (Lipinski definition) is 3. The van der Waals surface area contributed by atoms with Gasteiger partial charge in [-0.25, -0.2) is 13.9 Å². The average molecular weight is 421 g/mol. The van der Waals surface area contributed by atoms with Crippen LogP contribution in [-0.4, -0.2) is 49.1 Å². The van der Waals surface area contributed by atoms with E-state index in [1.807, 2.05) is 0 Å². The van der Waals surface area contributed by atoms with Crippen LogP contribution in [0, 0.1) is 0 Å². The van der Waals surface area contributed by atoms with E-state index in [4.69, 9.17) is 19.4 Å². The van der Waals surface area contributed by atoms with Gasteiger partial charge in [-0.3, -0.25) is 15.0 Å². The molecule has 2 heterocycles. The first-order chi connectivity index (χ1) is 13.9. The second kappa shape index (κ2) is 7.69. The molecule has 0 bridgehead atoms. The minimum atomic E-state index is -4.08. The molecule has 11 heteroatoms. The van der Waals surface area contributed by atoms with Crippen molar-refractivity contribution in [1.29, 1.82) is 0 Å². The Labute approximate surface area is 166 Å². The molecule has 1 aromatic carbocycles. The molecule has 1 saturated heterocycles. The van der Waals surface area contributed by atoms with Crippen LogP contribution >= 0.6 is 0 Å². The van der Waals surface area contributed by atoms with Crippen LogP contribution in [0.3, 0.4) is 0 Å². The number of benzene rings is 1. The maximum Gasteiger partial charge on any atom is 0.264 e. The monoisotopic (exact) mass is 421 g/mol. The van der Waals surface area contributed by atoms with Crippen LogP contribution in [0.15, 0.2) is 53.7 Å². The predicted octanol–water partition coefficient (Wildman–Crippen LogP) is 0.932. The van der Waals surface area contributed by atoms with Crippen molar-refractivity contribution in [1.82, 2.24) is 15.2 Å². The van der Waals surface area contributed by atoms with Gasteiger partial charge in [0.05, 0.1) is 17.1 Å². The van der Waals surface area contributed by atoms with Crippen molar-refractivity contribution in [3.05, 3.63) is 48.8 Å². The summed E-state index contributed by atoms with van der Waals surface area (Å²) >= 11 is 0. The van der Waals surface area contributed by atoms with Gasteiger partial charge in [0.1, 0.15) is 23.8 Å². The summed E-state index contributed by atoms with van der Waals surface area (Å²) < 4.78 is 44.6. The third kappa shape index (κ3) is 3.95. The SMILES string of the molecule is O=C(NO)C1(NS(=O)(=O)c2ccc(Oc3ccncc3)cc2)CC2OCOC2C1. The molecule has 2 aliphatic rings. The summed E-state index contributed by atoms with van der Waals surface area (Å²) in [6.07, 6.45) is 2.40. The van der Waals surface area contributed by atoms with Crippen LogP contribution < -0.4 is 14.9 Å². The van der Waals surface area contributed by atoms with Crippen molar-refractivity contribution in [2.24, 2.45) is 0 Å². The van der Waals surface area contributed by atoms with Gasteiger partial charge in [0.2, 0.25) is 10.0 Å². The van der Waals surface area contributed by atoms with E-state index < -0.39 is 33.7 Å². The number of carbonyl (C=O) groups is 1. The number of fused-ring (bicyclic) bond motifs is 1. The molecule has 29 heavy (non-hydrogen) atoms. The van der Waals surface area contributed by atoms with E-state index in [1.165, 1.54) is 24.3 Å². The Balaban J connectivity index is 1.53. The fourth-order valence-corrected chi connectivity index (χ4v) is 4.93. The quantitative estimate of drug-likeness (QED) is 0.463. The first-order valence-electron chi connectivity index (χ1n) is 8.82. The van der Waals surface area contributed by atoms with Crippen LogP contribution in [-0.2, 0) is 24.3 Å². The molecule has 154 valence electrons. The lowest BCUT2D eigenvalue weighted by molar-refractivity contribution is -0.136. The first-order valence-corrected chi connectivity index (χ1v) is 10.3. The molecule has 1 aromatic heterocycles. The highest BCUT2D eigenvalue weighted by Crippen LogP contribution is 2.38. The smallest absolute Gasteiger partial charge is 0.264 e. The third-order valence-corrected chi connectivity index (χ3v) is 6.52. The highest BCUT2D eigenvalue weighted by molar-refractivity contribution is 7.89. The van der Waals surface area contributed by atoms with Crippen LogP contribution in [0.4, 0.5) is 0 Å². The number of pyridine rings is 1. The number of nitrogens with one attached hydrogen (secondary N) is 2. The largest absolute Gasteiger partial charge is 0.457 e. The highest BCUT2D eigenvalue weighted by atomic mass is 32.2. The van der Waals surface area contributed by atoms with Gasteiger partial charge in [0, 0.05) is 25.2 Å². The number of rotatable bonds is 6. The maximum atomic E-state index is 12.9. The molecule has 2 aromatic rings. The van der Waals surface area contributed by atoms with E-state index in [0.717, 1.165) is 0 Å². The van der Waals surface area contributed by atoms with Crippen molar-refractivity contribution in [2.75, 3.05) is 6.79 Å². The van der Waals surface area contributed by atoms with Crippen molar-refractivity contribution < 1.29 is 32.6 Å². The summed E-state index contributed by atoms with van der Waals surface area (Å²) in [6, 6.07) is 9.08. The van der Waals surface area contributed by atoms with Crippen molar-refractivity contribution in [3.8, 4) is 11.5 Å². The van der Waals surface area contributed by atoms with E-state index in [1.54, 1.807) is 30.0 Å². The zero-order chi connectivity index (χ0) is 20.5. The van der Waals surface area contributed by atoms with E-state index in [2.05, 4.69) is 9.71 Å². The molecular formula is C18H19N3O7S. The van der Waals surface area contributed by atoms with E-state index in [0.29, 0.717) is 11.5 Å². The Morgan fingerprint density at radius 3 is 2.24 bits per heavy atom. The molecule has 1 saturated carbocycles. The van der Waals surface area contributed by atoms with Gasteiger partial charge in [0.25, 0.3) is 5.91 Å². The van der Waals surface area contributed by atoms with Gasteiger partial charge in [-0.2, -0.15) is 4.72 Å². The lowest BCUT2D eigenvalue weighted by Crippen LogP contribution is -2.57. The molecular weight excluding hydrogens is 402 g/mol. The summed E-state index contributed by atoms with van der Waals surface area (Å²) in [5.74, 6) is 0.139. The normalized spacial score (nSPS) is 26.1. The summed E-state index contributed by atoms with van der Waals surface area (Å²) in [4.78, 5) is 16.2. The zero-order valence-corrected chi connectivity index (χ0v) is 16.0. The number of ether oxygens (including phenoxy) is 3. The molecule has 2 fully saturated rings. The second-order valence-corrected chi connectivity index (χ2v) is 8.50. The number of carbonyl (C=O) groups excluding carboxylic acids is 1. The lowest BCUT2D eigenvalue weighted by atomic mass is 9.98. The lowest BCUT2D eigenvalue weighted by Gasteiger charge is -2.28. The van der Waals surface area contributed by atoms with Crippen LogP contribution in [0.5, 0.6) is 11.5 Å². The molecule has 0 spiro atoms. The molecule has 1 aliphatic carbocycles. The zero-order valence-electron chi connectivity index (χ0n) is 15.1. The topological polar surface area (TPSA) is 136 Å². The standard InChI is InChI=1S/C18H19N3O7S/c22-17(20-23)18(9-15-16(10-18)27-11-26-15)21-29(24,25)14-3-1-12(2-4-14)28-13-5-7-19-8-6-13/h1-8,15-16,21,23H,9-11H2,(H,20,22). The minimum Gasteiger partial charge on any atom is -0.457 e. The number of hydroxylamine groups is 1. The van der Waals surface area contributed by atoms with Crippen LogP contribution in [0.25, 0.3) is 0 Å². The Kier molecular flexibility index (Phi) is 5.23. The van der Waals surface area contributed by atoms with Gasteiger partial charge in [-0.1, -0.05) is 0 Å². The number of hydrogen-bond acceptors (Lipinski definition) is 8. The van der Waals surface area contributed by atoms with Crippen LogP contribution in [0.1, 0.15) is 12.8 Å². The molecule has 1 amide bonds. The highest BCUT2D eigenvalue weighted by Gasteiger charge is 2.55. The second-order valence-electron chi connectivity index (χ2n) is 6.82. The van der Waals surface area contributed by atoms with Gasteiger partial charge >= 0.3 is 0 Å². The molecule has 4 rings (SSSR count). The molecule has 2 unspecified atom stereocenters. The van der Waals surface area contributed by atoms with Crippen molar-refractivity contribution in [2.45, 2.75) is 35.5 Å². The van der Waals surface area contributed by atoms with E-state index in [9.17, 15) is 13.2 Å². The number of nitrogens with zero attached hydrogens (tertiary/aromatic N) is 1. The molecule has 2 atom stereocenters. The maximum absolute atomic E-state index is 12.9. The van der Waals surface area contributed by atoms with Crippen LogP contribution in [0.2, 0.25) is 0 Å². The van der Waals surface area contributed by atoms with Gasteiger partial charge in [0.15, 0.2) is 0 Å². The van der Waals surface area contributed by atoms with Gasteiger partial charge in [-0.05, 0) is 36.4 Å². The Morgan fingerprint density at radius 1 is 1.07 bits per heavy atom. The fraction of sp³-hybridized carbons (Fsp3) is 0.333. The number of sulfonamides is 1.